The van der Waals surface area contributed by atoms with Gasteiger partial charge in [0.1, 0.15) is 6.61 Å². The molecule has 5 nitrogen and oxygen atoms in total. The summed E-state index contributed by atoms with van der Waals surface area (Å²) in [5.41, 5.74) is 4.77. The molecule has 2 aliphatic rings. The zero-order chi connectivity index (χ0) is 22.0. The van der Waals surface area contributed by atoms with Gasteiger partial charge in [-0.1, -0.05) is 43.5 Å². The third-order valence-electron chi connectivity index (χ3n) is 6.55. The van der Waals surface area contributed by atoms with Gasteiger partial charge >= 0.3 is 0 Å². The first-order valence-electron chi connectivity index (χ1n) is 10.5. The van der Waals surface area contributed by atoms with Crippen molar-refractivity contribution in [3.05, 3.63) is 56.1 Å². The molecular formula is C24H26ClIN2O3. The van der Waals surface area contributed by atoms with Crippen LogP contribution in [0.15, 0.2) is 41.5 Å². The van der Waals surface area contributed by atoms with Crippen LogP contribution in [0.4, 0.5) is 0 Å². The highest BCUT2D eigenvalue weighted by Crippen LogP contribution is 2.66. The van der Waals surface area contributed by atoms with Crippen LogP contribution in [0, 0.1) is 20.8 Å². The summed E-state index contributed by atoms with van der Waals surface area (Å²) in [6, 6.07) is 11.4. The standard InChI is InChI=1S/C24H26ClIN2O3/c1-24-10-4-3-5-18(24)21(24)23(29)28-27-13-16-11-19(26)22(20(12-16)30-2)31-14-15-6-8-17(25)9-7-15/h6-9,11-13,18,21H,3-5,10,14H2,1-2H3,(H,28,29)/b27-13-/t18-,21+,24-/m1/s1. The average Bonchev–Trinajstić information content (AvgIpc) is 3.39. The van der Waals surface area contributed by atoms with E-state index in [0.717, 1.165) is 27.5 Å². The number of nitrogens with zero attached hydrogens (tertiary/aromatic N) is 1. The van der Waals surface area contributed by atoms with Crippen molar-refractivity contribution >= 4 is 46.3 Å². The van der Waals surface area contributed by atoms with Crippen LogP contribution < -0.4 is 14.9 Å². The Morgan fingerprint density at radius 1 is 1.32 bits per heavy atom. The summed E-state index contributed by atoms with van der Waals surface area (Å²) >= 11 is 8.16. The Morgan fingerprint density at radius 3 is 2.77 bits per heavy atom. The van der Waals surface area contributed by atoms with Crippen LogP contribution in [0.3, 0.4) is 0 Å². The lowest BCUT2D eigenvalue weighted by Gasteiger charge is -2.15. The molecule has 2 fully saturated rings. The van der Waals surface area contributed by atoms with E-state index in [0.29, 0.717) is 29.0 Å². The van der Waals surface area contributed by atoms with Crippen molar-refractivity contribution in [1.82, 2.24) is 5.43 Å². The third kappa shape index (κ3) is 4.85. The second kappa shape index (κ2) is 9.36. The van der Waals surface area contributed by atoms with Crippen molar-refractivity contribution < 1.29 is 14.3 Å². The molecule has 0 aliphatic heterocycles. The first kappa shape index (κ1) is 22.4. The average molecular weight is 553 g/mol. The smallest absolute Gasteiger partial charge is 0.244 e. The van der Waals surface area contributed by atoms with Crippen LogP contribution in [0.1, 0.15) is 43.7 Å². The molecule has 0 radical (unpaired) electrons. The molecule has 1 N–H and O–H groups in total. The van der Waals surface area contributed by atoms with Gasteiger partial charge in [-0.05, 0) is 82.2 Å². The fraction of sp³-hybridized carbons (Fsp3) is 0.417. The number of rotatable bonds is 7. The normalized spacial score (nSPS) is 24.5. The van der Waals surface area contributed by atoms with Gasteiger partial charge in [0.15, 0.2) is 11.5 Å². The first-order valence-corrected chi connectivity index (χ1v) is 12.0. The summed E-state index contributed by atoms with van der Waals surface area (Å²) < 4.78 is 12.4. The molecule has 1 amide bonds. The zero-order valence-corrected chi connectivity index (χ0v) is 20.6. The maximum atomic E-state index is 12.6. The molecule has 0 heterocycles. The van der Waals surface area contributed by atoms with Crippen molar-refractivity contribution in [2.45, 2.75) is 39.2 Å². The monoisotopic (exact) mass is 552 g/mol. The molecule has 7 heteroatoms. The SMILES string of the molecule is COc1cc(/C=N\NC(=O)[C@@H]2[C@H]3CCCC[C@]32C)cc(I)c1OCc1ccc(Cl)cc1. The molecule has 0 aromatic heterocycles. The summed E-state index contributed by atoms with van der Waals surface area (Å²) in [6.07, 6.45) is 6.42. The largest absolute Gasteiger partial charge is 0.493 e. The number of hydrogen-bond acceptors (Lipinski definition) is 4. The Kier molecular flexibility index (Phi) is 6.77. The highest BCUT2D eigenvalue weighted by molar-refractivity contribution is 14.1. The van der Waals surface area contributed by atoms with Crippen LogP contribution in [-0.2, 0) is 11.4 Å². The molecule has 3 atom stereocenters. The minimum absolute atomic E-state index is 0.0372. The minimum atomic E-state index is 0.0372. The summed E-state index contributed by atoms with van der Waals surface area (Å²) in [6.45, 7) is 2.65. The number of benzene rings is 2. The number of ether oxygens (including phenoxy) is 2. The van der Waals surface area contributed by atoms with Gasteiger partial charge in [-0.15, -0.1) is 0 Å². The number of nitrogens with one attached hydrogen (secondary N) is 1. The Balaban J connectivity index is 1.39. The molecule has 31 heavy (non-hydrogen) atoms. The maximum absolute atomic E-state index is 12.6. The van der Waals surface area contributed by atoms with Gasteiger partial charge in [0, 0.05) is 10.9 Å². The predicted octanol–water partition coefficient (Wildman–Crippen LogP) is 5.81. The Morgan fingerprint density at radius 2 is 2.10 bits per heavy atom. The van der Waals surface area contributed by atoms with E-state index in [1.807, 2.05) is 36.4 Å². The molecule has 0 bridgehead atoms. The number of hydrazone groups is 1. The van der Waals surface area contributed by atoms with Gasteiger partial charge < -0.3 is 9.47 Å². The number of fused-ring (bicyclic) bond motifs is 1. The maximum Gasteiger partial charge on any atom is 0.244 e. The number of carbonyl (C=O) groups is 1. The summed E-state index contributed by atoms with van der Waals surface area (Å²) in [5, 5.41) is 4.90. The molecular weight excluding hydrogens is 527 g/mol. The number of carbonyl (C=O) groups excluding carboxylic acids is 1. The van der Waals surface area contributed by atoms with Crippen molar-refractivity contribution in [1.29, 1.82) is 0 Å². The van der Waals surface area contributed by atoms with Crippen LogP contribution in [-0.4, -0.2) is 19.2 Å². The van der Waals surface area contributed by atoms with Gasteiger partial charge in [-0.25, -0.2) is 5.43 Å². The Bertz CT molecular complexity index is 995. The summed E-state index contributed by atoms with van der Waals surface area (Å²) in [5.74, 6) is 1.96. The van der Waals surface area contributed by atoms with Gasteiger partial charge in [0.05, 0.1) is 16.9 Å². The van der Waals surface area contributed by atoms with Gasteiger partial charge in [0.25, 0.3) is 0 Å². The molecule has 4 rings (SSSR count). The molecule has 2 aromatic rings. The van der Waals surface area contributed by atoms with Crippen molar-refractivity contribution in [3.63, 3.8) is 0 Å². The summed E-state index contributed by atoms with van der Waals surface area (Å²) in [4.78, 5) is 12.6. The van der Waals surface area contributed by atoms with Crippen LogP contribution in [0.5, 0.6) is 11.5 Å². The van der Waals surface area contributed by atoms with E-state index < -0.39 is 0 Å². The third-order valence-corrected chi connectivity index (χ3v) is 7.60. The fourth-order valence-electron chi connectivity index (χ4n) is 4.78. The van der Waals surface area contributed by atoms with Gasteiger partial charge in [-0.3, -0.25) is 4.79 Å². The second-order valence-corrected chi connectivity index (χ2v) is 10.1. The molecule has 2 saturated carbocycles. The molecule has 2 aromatic carbocycles. The number of amides is 1. The first-order chi connectivity index (χ1) is 14.9. The van der Waals surface area contributed by atoms with E-state index in [2.05, 4.69) is 40.0 Å². The van der Waals surface area contributed by atoms with E-state index >= 15 is 0 Å². The fourth-order valence-corrected chi connectivity index (χ4v) is 5.69. The zero-order valence-electron chi connectivity index (χ0n) is 17.7. The lowest BCUT2D eigenvalue weighted by molar-refractivity contribution is -0.123. The molecule has 2 aliphatic carbocycles. The highest BCUT2D eigenvalue weighted by atomic mass is 127. The van der Waals surface area contributed by atoms with Crippen molar-refractivity contribution in [2.75, 3.05) is 7.11 Å². The van der Waals surface area contributed by atoms with Crippen LogP contribution >= 0.6 is 34.2 Å². The van der Waals surface area contributed by atoms with E-state index in [9.17, 15) is 4.79 Å². The second-order valence-electron chi connectivity index (χ2n) is 8.52. The number of methoxy groups -OCH3 is 1. The number of hydrogen-bond donors (Lipinski definition) is 1. The Hall–Kier alpha value is -1.80. The summed E-state index contributed by atoms with van der Waals surface area (Å²) in [7, 11) is 1.61. The van der Waals surface area contributed by atoms with Crippen LogP contribution in [0.25, 0.3) is 0 Å². The van der Waals surface area contributed by atoms with E-state index in [1.54, 1.807) is 13.3 Å². The van der Waals surface area contributed by atoms with Crippen molar-refractivity contribution in [2.24, 2.45) is 22.4 Å². The van der Waals surface area contributed by atoms with Gasteiger partial charge in [0.2, 0.25) is 5.91 Å². The predicted molar refractivity (Wildman–Crippen MR) is 131 cm³/mol. The van der Waals surface area contributed by atoms with Crippen molar-refractivity contribution in [3.8, 4) is 11.5 Å². The lowest BCUT2D eigenvalue weighted by atomic mass is 9.90. The minimum Gasteiger partial charge on any atom is -0.493 e. The molecule has 164 valence electrons. The molecule has 0 saturated heterocycles. The quantitative estimate of drug-likeness (QED) is 0.268. The van der Waals surface area contributed by atoms with E-state index in [4.69, 9.17) is 21.1 Å². The Labute approximate surface area is 201 Å². The van der Waals surface area contributed by atoms with Crippen LogP contribution in [0.2, 0.25) is 5.02 Å². The van der Waals surface area contributed by atoms with E-state index in [-0.39, 0.29) is 17.2 Å². The van der Waals surface area contributed by atoms with E-state index in [1.165, 1.54) is 12.8 Å². The number of halogens is 2. The van der Waals surface area contributed by atoms with Gasteiger partial charge in [-0.2, -0.15) is 5.10 Å². The molecule has 0 unspecified atom stereocenters. The topological polar surface area (TPSA) is 59.9 Å². The molecule has 0 spiro atoms. The highest BCUT2D eigenvalue weighted by Gasteiger charge is 2.64. The lowest BCUT2D eigenvalue weighted by Crippen LogP contribution is -2.22.